The van der Waals surface area contributed by atoms with Crippen LogP contribution in [0.15, 0.2) is 35.5 Å². The third-order valence-corrected chi connectivity index (χ3v) is 5.45. The number of hydrogen-bond donors (Lipinski definition) is 1. The van der Waals surface area contributed by atoms with E-state index in [2.05, 4.69) is 6.58 Å². The second-order valence-electron chi connectivity index (χ2n) is 7.73. The molecule has 1 N–H and O–H groups in total. The molecule has 2 fully saturated rings. The lowest BCUT2D eigenvalue weighted by Crippen LogP contribution is -2.37. The van der Waals surface area contributed by atoms with Crippen LogP contribution in [0, 0.1) is 5.92 Å². The number of esters is 2. The Morgan fingerprint density at radius 2 is 1.92 bits per heavy atom. The monoisotopic (exact) mass is 362 g/mol. The minimum absolute atomic E-state index is 0.199. The lowest BCUT2D eigenvalue weighted by Gasteiger charge is -2.28. The van der Waals surface area contributed by atoms with Gasteiger partial charge in [0.15, 0.2) is 5.60 Å². The molecular weight excluding hydrogens is 336 g/mol. The Labute approximate surface area is 153 Å². The zero-order valence-corrected chi connectivity index (χ0v) is 15.7. The molecule has 0 spiro atoms. The van der Waals surface area contributed by atoms with Crippen LogP contribution in [-0.4, -0.2) is 47.1 Å². The fourth-order valence-corrected chi connectivity index (χ4v) is 3.68. The molecule has 6 nitrogen and oxygen atoms in total. The van der Waals surface area contributed by atoms with Crippen molar-refractivity contribution in [2.24, 2.45) is 5.92 Å². The number of fused-ring (bicyclic) bond motifs is 1. The van der Waals surface area contributed by atoms with E-state index in [0.717, 1.165) is 11.1 Å². The van der Waals surface area contributed by atoms with Crippen LogP contribution in [0.3, 0.4) is 0 Å². The van der Waals surface area contributed by atoms with Gasteiger partial charge in [-0.25, -0.2) is 9.59 Å². The predicted octanol–water partition coefficient (Wildman–Crippen LogP) is 2.22. The average molecular weight is 362 g/mol. The van der Waals surface area contributed by atoms with Gasteiger partial charge in [-0.3, -0.25) is 0 Å². The highest BCUT2D eigenvalue weighted by Gasteiger charge is 2.58. The molecule has 3 aliphatic rings. The first-order chi connectivity index (χ1) is 12.1. The van der Waals surface area contributed by atoms with Gasteiger partial charge in [0, 0.05) is 12.0 Å². The van der Waals surface area contributed by atoms with E-state index in [0.29, 0.717) is 18.4 Å². The van der Waals surface area contributed by atoms with E-state index in [4.69, 9.17) is 14.2 Å². The van der Waals surface area contributed by atoms with Crippen LogP contribution in [0.4, 0.5) is 0 Å². The molecule has 26 heavy (non-hydrogen) atoms. The van der Waals surface area contributed by atoms with Crippen molar-refractivity contribution in [3.8, 4) is 0 Å². The van der Waals surface area contributed by atoms with Gasteiger partial charge in [-0.1, -0.05) is 23.8 Å². The molecule has 6 atom stereocenters. The molecular formula is C20H26O6. The number of hydrogen-bond acceptors (Lipinski definition) is 6. The minimum atomic E-state index is -0.946. The largest absolute Gasteiger partial charge is 0.459 e. The second-order valence-corrected chi connectivity index (χ2v) is 7.73. The molecule has 1 aliphatic carbocycles. The summed E-state index contributed by atoms with van der Waals surface area (Å²) in [6.45, 7) is 11.1. The average Bonchev–Trinajstić information content (AvgIpc) is 3.04. The van der Waals surface area contributed by atoms with Crippen molar-refractivity contribution in [3.05, 3.63) is 35.5 Å². The van der Waals surface area contributed by atoms with Gasteiger partial charge >= 0.3 is 11.9 Å². The summed E-state index contributed by atoms with van der Waals surface area (Å²) in [7, 11) is 0. The second kappa shape index (κ2) is 6.67. The number of rotatable bonds is 2. The summed E-state index contributed by atoms with van der Waals surface area (Å²) >= 11 is 0. The van der Waals surface area contributed by atoms with Gasteiger partial charge in [0.25, 0.3) is 0 Å². The Hall–Kier alpha value is -1.92. The van der Waals surface area contributed by atoms with Crippen molar-refractivity contribution in [1.82, 2.24) is 0 Å². The molecule has 0 aromatic carbocycles. The van der Waals surface area contributed by atoms with Gasteiger partial charge in [0.05, 0.1) is 18.1 Å². The number of carbonyl (C=O) groups excluding carboxylic acids is 2. The van der Waals surface area contributed by atoms with Gasteiger partial charge in [-0.05, 0) is 40.2 Å². The summed E-state index contributed by atoms with van der Waals surface area (Å²) in [6.07, 6.45) is 2.41. The van der Waals surface area contributed by atoms with Crippen molar-refractivity contribution in [2.45, 2.75) is 70.6 Å². The summed E-state index contributed by atoms with van der Waals surface area (Å²) < 4.78 is 16.6. The van der Waals surface area contributed by atoms with Crippen molar-refractivity contribution in [1.29, 1.82) is 0 Å². The van der Waals surface area contributed by atoms with Crippen molar-refractivity contribution < 1.29 is 28.9 Å². The molecule has 2 heterocycles. The fourth-order valence-electron chi connectivity index (χ4n) is 3.68. The smallest absolute Gasteiger partial charge is 0.341 e. The van der Waals surface area contributed by atoms with Crippen LogP contribution >= 0.6 is 0 Å². The predicted molar refractivity (Wildman–Crippen MR) is 94.1 cm³/mol. The SMILES string of the molecule is C=C1C(=O)O[C@@H]2/C=C(\C)C[C@H](O)/C=C(\C)C[C@@H](OC(=O)[C@]3(C)O[C@H]3C)[C@@H]12. The Morgan fingerprint density at radius 1 is 1.31 bits per heavy atom. The highest BCUT2D eigenvalue weighted by atomic mass is 16.7. The maximum absolute atomic E-state index is 12.6. The molecule has 0 aromatic heterocycles. The third kappa shape index (κ3) is 3.48. The Balaban J connectivity index is 1.93. The van der Waals surface area contributed by atoms with Crippen molar-refractivity contribution in [2.75, 3.05) is 0 Å². The lowest BCUT2D eigenvalue weighted by molar-refractivity contribution is -0.157. The van der Waals surface area contributed by atoms with Crippen LogP contribution in [0.2, 0.25) is 0 Å². The molecule has 0 radical (unpaired) electrons. The first kappa shape index (κ1) is 18.9. The molecule has 0 aromatic rings. The van der Waals surface area contributed by atoms with E-state index in [-0.39, 0.29) is 6.10 Å². The van der Waals surface area contributed by atoms with E-state index in [1.54, 1.807) is 13.0 Å². The third-order valence-electron chi connectivity index (χ3n) is 5.45. The van der Waals surface area contributed by atoms with E-state index in [1.807, 2.05) is 26.8 Å². The first-order valence-electron chi connectivity index (χ1n) is 8.93. The first-order valence-corrected chi connectivity index (χ1v) is 8.93. The van der Waals surface area contributed by atoms with Crippen molar-refractivity contribution >= 4 is 11.9 Å². The maximum Gasteiger partial charge on any atom is 0.341 e. The molecule has 142 valence electrons. The number of carbonyl (C=O) groups is 2. The maximum atomic E-state index is 12.6. The highest BCUT2D eigenvalue weighted by molar-refractivity contribution is 5.91. The van der Waals surface area contributed by atoms with Gasteiger partial charge in [0.1, 0.15) is 12.2 Å². The van der Waals surface area contributed by atoms with Crippen LogP contribution in [0.1, 0.15) is 40.5 Å². The fraction of sp³-hybridized carbons (Fsp3) is 0.600. The topological polar surface area (TPSA) is 85.4 Å². The van der Waals surface area contributed by atoms with E-state index < -0.39 is 41.8 Å². The Bertz CT molecular complexity index is 705. The summed E-state index contributed by atoms with van der Waals surface area (Å²) in [5, 5.41) is 10.2. The molecule has 0 unspecified atom stereocenters. The van der Waals surface area contributed by atoms with Crippen LogP contribution in [0.25, 0.3) is 0 Å². The van der Waals surface area contributed by atoms with Crippen LogP contribution < -0.4 is 0 Å². The standard InChI is InChI=1S/C20H26O6/c1-10-6-14(21)7-11(2)9-16(25-19(23)20(5)13(4)26-20)17-12(3)18(22)24-15(17)8-10/h7-8,13-17,21H,3,6,9H2,1-2,4-5H3/b10-8+,11-7+/t13-,14-,15+,16+,17-,20+/m0/s1. The summed E-state index contributed by atoms with van der Waals surface area (Å²) in [4.78, 5) is 24.7. The van der Waals surface area contributed by atoms with E-state index in [1.165, 1.54) is 0 Å². The van der Waals surface area contributed by atoms with E-state index >= 15 is 0 Å². The summed E-state index contributed by atoms with van der Waals surface area (Å²) in [6, 6.07) is 0. The molecule has 0 bridgehead atoms. The molecule has 3 rings (SSSR count). The minimum Gasteiger partial charge on any atom is -0.459 e. The zero-order chi connectivity index (χ0) is 19.2. The summed E-state index contributed by atoms with van der Waals surface area (Å²) in [5.74, 6) is -1.39. The normalized spacial score (nSPS) is 44.1. The number of epoxide rings is 1. The van der Waals surface area contributed by atoms with Crippen LogP contribution in [-0.2, 0) is 23.8 Å². The molecule has 6 heteroatoms. The van der Waals surface area contributed by atoms with E-state index in [9.17, 15) is 14.7 Å². The Morgan fingerprint density at radius 3 is 2.54 bits per heavy atom. The summed E-state index contributed by atoms with van der Waals surface area (Å²) in [5.41, 5.74) is 1.14. The van der Waals surface area contributed by atoms with Gasteiger partial charge in [0.2, 0.25) is 0 Å². The van der Waals surface area contributed by atoms with Gasteiger partial charge in [-0.15, -0.1) is 0 Å². The lowest BCUT2D eigenvalue weighted by atomic mass is 9.85. The number of ether oxygens (including phenoxy) is 3. The van der Waals surface area contributed by atoms with Crippen molar-refractivity contribution in [3.63, 3.8) is 0 Å². The molecule has 0 amide bonds. The number of aliphatic hydroxyl groups excluding tert-OH is 1. The van der Waals surface area contributed by atoms with Crippen LogP contribution in [0.5, 0.6) is 0 Å². The van der Waals surface area contributed by atoms with Gasteiger partial charge < -0.3 is 19.3 Å². The zero-order valence-electron chi connectivity index (χ0n) is 15.7. The molecule has 0 saturated carbocycles. The molecule has 2 aliphatic heterocycles. The Kier molecular flexibility index (Phi) is 4.84. The highest BCUT2D eigenvalue weighted by Crippen LogP contribution is 2.40. The number of aliphatic hydroxyl groups is 1. The quantitative estimate of drug-likeness (QED) is 0.351. The molecule has 2 saturated heterocycles. The van der Waals surface area contributed by atoms with Gasteiger partial charge in [-0.2, -0.15) is 0 Å².